The lowest BCUT2D eigenvalue weighted by Gasteiger charge is -2.35. The van der Waals surface area contributed by atoms with Gasteiger partial charge in [-0.15, -0.1) is 0 Å². The van der Waals surface area contributed by atoms with Crippen LogP contribution in [-0.4, -0.2) is 53.2 Å². The Morgan fingerprint density at radius 2 is 1.84 bits per heavy atom. The number of nitrogens with zero attached hydrogens (tertiary/aromatic N) is 3. The Morgan fingerprint density at radius 1 is 1.13 bits per heavy atom. The van der Waals surface area contributed by atoms with Crippen molar-refractivity contribution in [1.29, 1.82) is 0 Å². The van der Waals surface area contributed by atoms with Crippen LogP contribution in [-0.2, 0) is 11.3 Å². The minimum atomic E-state index is 0.0472. The Morgan fingerprint density at radius 3 is 2.52 bits per heavy atom. The van der Waals surface area contributed by atoms with E-state index in [4.69, 9.17) is 9.47 Å². The van der Waals surface area contributed by atoms with Gasteiger partial charge in [-0.25, -0.2) is 9.97 Å². The minimum Gasteiger partial charge on any atom is -0.497 e. The molecule has 31 heavy (non-hydrogen) atoms. The number of carbonyl (C=O) groups is 1. The Labute approximate surface area is 182 Å². The molecule has 4 rings (SSSR count). The number of aryl methyl sites for hydroxylation is 1. The Hall–Kier alpha value is -3.19. The molecule has 7 nitrogen and oxygen atoms in total. The van der Waals surface area contributed by atoms with E-state index in [1.165, 1.54) is 0 Å². The topological polar surface area (TPSA) is 76.6 Å². The smallest absolute Gasteiger partial charge is 0.254 e. The first-order valence-electron chi connectivity index (χ1n) is 10.5. The number of hydrogen-bond acceptors (Lipinski definition) is 6. The SMILES string of the molecule is COc1ccc2nc(C)nc(NCc3ccc(C(=O)N4C[C@H](C)O[C@@H](C)C4)cc3)c2c1. The summed E-state index contributed by atoms with van der Waals surface area (Å²) in [6, 6.07) is 13.5. The quantitative estimate of drug-likeness (QED) is 0.676. The first kappa shape index (κ1) is 21.1. The molecular formula is C24H28N4O3. The summed E-state index contributed by atoms with van der Waals surface area (Å²) < 4.78 is 11.1. The average molecular weight is 421 g/mol. The molecule has 1 amide bonds. The van der Waals surface area contributed by atoms with E-state index in [0.29, 0.717) is 31.0 Å². The molecule has 0 unspecified atom stereocenters. The highest BCUT2D eigenvalue weighted by atomic mass is 16.5. The molecule has 3 aromatic rings. The number of rotatable bonds is 5. The number of benzene rings is 2. The summed E-state index contributed by atoms with van der Waals surface area (Å²) in [5, 5.41) is 4.31. The molecule has 0 saturated carbocycles. The van der Waals surface area contributed by atoms with E-state index in [1.807, 2.05) is 68.1 Å². The molecular weight excluding hydrogens is 392 g/mol. The zero-order valence-corrected chi connectivity index (χ0v) is 18.4. The molecule has 1 aliphatic rings. The third-order valence-electron chi connectivity index (χ3n) is 5.38. The maximum Gasteiger partial charge on any atom is 0.254 e. The molecule has 1 aromatic heterocycles. The van der Waals surface area contributed by atoms with Gasteiger partial charge in [0, 0.05) is 30.6 Å². The highest BCUT2D eigenvalue weighted by molar-refractivity contribution is 5.94. The monoisotopic (exact) mass is 420 g/mol. The third-order valence-corrected chi connectivity index (χ3v) is 5.38. The van der Waals surface area contributed by atoms with Gasteiger partial charge in [-0.2, -0.15) is 0 Å². The average Bonchev–Trinajstić information content (AvgIpc) is 2.76. The largest absolute Gasteiger partial charge is 0.497 e. The fourth-order valence-electron chi connectivity index (χ4n) is 3.96. The van der Waals surface area contributed by atoms with E-state index in [1.54, 1.807) is 7.11 Å². The van der Waals surface area contributed by atoms with E-state index in [9.17, 15) is 4.79 Å². The number of amides is 1. The van der Waals surface area contributed by atoms with Gasteiger partial charge in [0.25, 0.3) is 5.91 Å². The summed E-state index contributed by atoms with van der Waals surface area (Å²) in [4.78, 5) is 23.8. The molecule has 1 saturated heterocycles. The summed E-state index contributed by atoms with van der Waals surface area (Å²) >= 11 is 0. The summed E-state index contributed by atoms with van der Waals surface area (Å²) in [5.41, 5.74) is 2.62. The fourth-order valence-corrected chi connectivity index (χ4v) is 3.96. The van der Waals surface area contributed by atoms with Gasteiger partial charge in [-0.1, -0.05) is 12.1 Å². The molecule has 0 aliphatic carbocycles. The number of fused-ring (bicyclic) bond motifs is 1. The molecule has 1 fully saturated rings. The highest BCUT2D eigenvalue weighted by Crippen LogP contribution is 2.25. The van der Waals surface area contributed by atoms with Crippen molar-refractivity contribution in [3.8, 4) is 5.75 Å². The van der Waals surface area contributed by atoms with Gasteiger partial charge in [-0.05, 0) is 56.7 Å². The van der Waals surface area contributed by atoms with Crippen LogP contribution in [0.25, 0.3) is 10.9 Å². The molecule has 2 atom stereocenters. The van der Waals surface area contributed by atoms with Crippen LogP contribution in [0.1, 0.15) is 35.6 Å². The van der Waals surface area contributed by atoms with Crippen molar-refractivity contribution in [2.75, 3.05) is 25.5 Å². The van der Waals surface area contributed by atoms with E-state index >= 15 is 0 Å². The summed E-state index contributed by atoms with van der Waals surface area (Å²) in [6.07, 6.45) is 0.113. The van der Waals surface area contributed by atoms with Crippen molar-refractivity contribution >= 4 is 22.6 Å². The number of nitrogens with one attached hydrogen (secondary N) is 1. The van der Waals surface area contributed by atoms with Gasteiger partial charge >= 0.3 is 0 Å². The predicted octanol–water partition coefficient (Wildman–Crippen LogP) is 3.81. The molecule has 162 valence electrons. The van der Waals surface area contributed by atoms with Gasteiger partial charge in [0.2, 0.25) is 0 Å². The molecule has 1 aliphatic heterocycles. The van der Waals surface area contributed by atoms with Crippen molar-refractivity contribution in [2.24, 2.45) is 0 Å². The number of anilines is 1. The zero-order chi connectivity index (χ0) is 22.0. The Bertz CT molecular complexity index is 1070. The number of carbonyl (C=O) groups excluding carboxylic acids is 1. The van der Waals surface area contributed by atoms with E-state index in [0.717, 1.165) is 28.0 Å². The maximum atomic E-state index is 12.9. The van der Waals surface area contributed by atoms with Crippen LogP contribution in [0.2, 0.25) is 0 Å². The second kappa shape index (κ2) is 8.89. The zero-order valence-electron chi connectivity index (χ0n) is 18.4. The van der Waals surface area contributed by atoms with Crippen LogP contribution in [0.15, 0.2) is 42.5 Å². The predicted molar refractivity (Wildman–Crippen MR) is 121 cm³/mol. The van der Waals surface area contributed by atoms with E-state index in [-0.39, 0.29) is 18.1 Å². The van der Waals surface area contributed by atoms with Gasteiger partial charge in [0.1, 0.15) is 17.4 Å². The van der Waals surface area contributed by atoms with Crippen LogP contribution in [0.5, 0.6) is 5.75 Å². The van der Waals surface area contributed by atoms with Crippen molar-refractivity contribution in [3.05, 3.63) is 59.4 Å². The molecule has 2 aromatic carbocycles. The van der Waals surface area contributed by atoms with Crippen molar-refractivity contribution in [1.82, 2.24) is 14.9 Å². The normalized spacial score (nSPS) is 18.8. The van der Waals surface area contributed by atoms with Crippen LogP contribution in [0.4, 0.5) is 5.82 Å². The summed E-state index contributed by atoms with van der Waals surface area (Å²) in [7, 11) is 1.64. The number of morpholine rings is 1. The highest BCUT2D eigenvalue weighted by Gasteiger charge is 2.26. The lowest BCUT2D eigenvalue weighted by molar-refractivity contribution is -0.0586. The van der Waals surface area contributed by atoms with Crippen molar-refractivity contribution in [2.45, 2.75) is 39.5 Å². The Balaban J connectivity index is 1.47. The lowest BCUT2D eigenvalue weighted by atomic mass is 10.1. The third kappa shape index (κ3) is 4.77. The number of methoxy groups -OCH3 is 1. The standard InChI is InChI=1S/C24H28N4O3/c1-15-13-28(14-16(2)31-15)24(29)19-7-5-18(6-8-19)12-25-23-21-11-20(30-4)9-10-22(21)26-17(3)27-23/h5-11,15-16H,12-14H2,1-4H3,(H,25,26,27)/t15-,16-/m0/s1. The number of ether oxygens (including phenoxy) is 2. The molecule has 0 bridgehead atoms. The van der Waals surface area contributed by atoms with Crippen molar-refractivity contribution in [3.63, 3.8) is 0 Å². The van der Waals surface area contributed by atoms with Gasteiger partial charge in [0.15, 0.2) is 0 Å². The molecule has 0 radical (unpaired) electrons. The second-order valence-corrected chi connectivity index (χ2v) is 8.02. The van der Waals surface area contributed by atoms with E-state index < -0.39 is 0 Å². The molecule has 1 N–H and O–H groups in total. The molecule has 2 heterocycles. The second-order valence-electron chi connectivity index (χ2n) is 8.02. The first-order valence-corrected chi connectivity index (χ1v) is 10.5. The van der Waals surface area contributed by atoms with Gasteiger partial charge in [-0.3, -0.25) is 4.79 Å². The number of aromatic nitrogens is 2. The number of hydrogen-bond donors (Lipinski definition) is 1. The summed E-state index contributed by atoms with van der Waals surface area (Å²) in [6.45, 7) is 7.70. The summed E-state index contributed by atoms with van der Waals surface area (Å²) in [5.74, 6) is 2.27. The minimum absolute atomic E-state index is 0.0472. The van der Waals surface area contributed by atoms with E-state index in [2.05, 4.69) is 15.3 Å². The lowest BCUT2D eigenvalue weighted by Crippen LogP contribution is -2.48. The van der Waals surface area contributed by atoms with Gasteiger partial charge < -0.3 is 19.7 Å². The van der Waals surface area contributed by atoms with Crippen LogP contribution in [0, 0.1) is 6.92 Å². The van der Waals surface area contributed by atoms with Gasteiger partial charge in [0.05, 0.1) is 24.8 Å². The maximum absolute atomic E-state index is 12.9. The van der Waals surface area contributed by atoms with Crippen molar-refractivity contribution < 1.29 is 14.3 Å². The Kier molecular flexibility index (Phi) is 6.04. The van der Waals surface area contributed by atoms with Crippen LogP contribution in [0.3, 0.4) is 0 Å². The van der Waals surface area contributed by atoms with Crippen LogP contribution >= 0.6 is 0 Å². The first-order chi connectivity index (χ1) is 14.9. The molecule has 0 spiro atoms. The van der Waals surface area contributed by atoms with Crippen LogP contribution < -0.4 is 10.1 Å². The fraction of sp³-hybridized carbons (Fsp3) is 0.375. The molecule has 7 heteroatoms.